The second-order valence-electron chi connectivity index (χ2n) is 8.87. The Morgan fingerprint density at radius 2 is 1.54 bits per heavy atom. The fourth-order valence-corrected chi connectivity index (χ4v) is 3.49. The van der Waals surface area contributed by atoms with Crippen molar-refractivity contribution in [3.63, 3.8) is 0 Å². The molecular weight excluding hydrogens is 484 g/mol. The minimum Gasteiger partial charge on any atom is -0.481 e. The molecule has 0 aliphatic rings. The summed E-state index contributed by atoms with van der Waals surface area (Å²) in [6.07, 6.45) is 2.31. The van der Waals surface area contributed by atoms with Crippen molar-refractivity contribution in [2.24, 2.45) is 11.7 Å². The lowest BCUT2D eigenvalue weighted by molar-refractivity contribution is -0.144. The van der Waals surface area contributed by atoms with E-state index in [1.807, 2.05) is 0 Å². The van der Waals surface area contributed by atoms with Gasteiger partial charge in [0.2, 0.25) is 17.7 Å². The largest absolute Gasteiger partial charge is 0.481 e. The number of aromatic nitrogens is 2. The van der Waals surface area contributed by atoms with Gasteiger partial charge in [-0.05, 0) is 11.5 Å². The standard InChI is InChI=1S/C24H32N6O7/c1-13(2)20(24(36)37)30-23(35)18(10-19(31)32)29-22(34)17(8-14-6-4-3-5-7-14)28-21(33)16(25)9-15-11-26-12-27-15/h3-7,11-13,16-18,20H,8-10,25H2,1-2H3,(H,26,27)(H,28,33)(H,29,34)(H,30,35)(H,31,32)(H,36,37). The summed E-state index contributed by atoms with van der Waals surface area (Å²) >= 11 is 0. The van der Waals surface area contributed by atoms with Gasteiger partial charge < -0.3 is 36.9 Å². The number of aliphatic carboxylic acids is 2. The lowest BCUT2D eigenvalue weighted by Gasteiger charge is -2.25. The Hall–Kier alpha value is -4.26. The van der Waals surface area contributed by atoms with Crippen LogP contribution in [0.2, 0.25) is 0 Å². The van der Waals surface area contributed by atoms with Crippen molar-refractivity contribution in [2.45, 2.75) is 57.3 Å². The number of carboxylic acids is 2. The number of rotatable bonds is 14. The molecule has 2 rings (SSSR count). The van der Waals surface area contributed by atoms with Crippen LogP contribution in [0.5, 0.6) is 0 Å². The molecule has 1 aromatic carbocycles. The molecule has 0 bridgehead atoms. The molecule has 0 aliphatic carbocycles. The molecule has 0 saturated heterocycles. The van der Waals surface area contributed by atoms with Gasteiger partial charge in [-0.2, -0.15) is 0 Å². The van der Waals surface area contributed by atoms with Gasteiger partial charge >= 0.3 is 11.9 Å². The van der Waals surface area contributed by atoms with Crippen LogP contribution >= 0.6 is 0 Å². The molecule has 13 heteroatoms. The third-order valence-corrected chi connectivity index (χ3v) is 5.49. The first-order valence-corrected chi connectivity index (χ1v) is 11.6. The van der Waals surface area contributed by atoms with Crippen molar-refractivity contribution >= 4 is 29.7 Å². The van der Waals surface area contributed by atoms with E-state index in [9.17, 15) is 34.2 Å². The molecule has 4 atom stereocenters. The summed E-state index contributed by atoms with van der Waals surface area (Å²) in [6, 6.07) is 3.64. The number of carbonyl (C=O) groups is 5. The molecule has 13 nitrogen and oxygen atoms in total. The molecule has 1 aromatic heterocycles. The summed E-state index contributed by atoms with van der Waals surface area (Å²) in [5.41, 5.74) is 7.29. The Labute approximate surface area is 213 Å². The van der Waals surface area contributed by atoms with E-state index >= 15 is 0 Å². The van der Waals surface area contributed by atoms with Crippen LogP contribution in [0, 0.1) is 5.92 Å². The monoisotopic (exact) mass is 516 g/mol. The fourth-order valence-electron chi connectivity index (χ4n) is 3.49. The Morgan fingerprint density at radius 3 is 2.08 bits per heavy atom. The van der Waals surface area contributed by atoms with E-state index in [2.05, 4.69) is 25.9 Å². The van der Waals surface area contributed by atoms with E-state index in [0.29, 0.717) is 11.3 Å². The van der Waals surface area contributed by atoms with E-state index in [1.165, 1.54) is 12.5 Å². The van der Waals surface area contributed by atoms with E-state index < -0.39 is 66.2 Å². The molecule has 37 heavy (non-hydrogen) atoms. The number of carbonyl (C=O) groups excluding carboxylic acids is 3. The molecule has 0 aliphatic heterocycles. The zero-order valence-corrected chi connectivity index (χ0v) is 20.5. The maximum atomic E-state index is 13.2. The third kappa shape index (κ3) is 9.37. The number of aromatic amines is 1. The Bertz CT molecular complexity index is 1070. The quantitative estimate of drug-likeness (QED) is 0.167. The second kappa shape index (κ2) is 13.7. The van der Waals surface area contributed by atoms with Crippen LogP contribution in [0.15, 0.2) is 42.9 Å². The van der Waals surface area contributed by atoms with E-state index in [4.69, 9.17) is 5.73 Å². The van der Waals surface area contributed by atoms with Gasteiger partial charge in [0.25, 0.3) is 0 Å². The molecule has 0 radical (unpaired) electrons. The highest BCUT2D eigenvalue weighted by molar-refractivity contribution is 5.95. The smallest absolute Gasteiger partial charge is 0.326 e. The summed E-state index contributed by atoms with van der Waals surface area (Å²) in [5.74, 6) is -5.63. The fraction of sp³-hybridized carbons (Fsp3) is 0.417. The number of benzene rings is 1. The van der Waals surface area contributed by atoms with Gasteiger partial charge in [0.1, 0.15) is 18.1 Å². The molecule has 0 saturated carbocycles. The highest BCUT2D eigenvalue weighted by atomic mass is 16.4. The first-order chi connectivity index (χ1) is 17.5. The number of nitrogens with two attached hydrogens (primary N) is 1. The van der Waals surface area contributed by atoms with Crippen molar-refractivity contribution in [3.8, 4) is 0 Å². The van der Waals surface area contributed by atoms with Gasteiger partial charge in [-0.25, -0.2) is 9.78 Å². The van der Waals surface area contributed by atoms with Crippen LogP contribution in [0.3, 0.4) is 0 Å². The van der Waals surface area contributed by atoms with Crippen LogP contribution < -0.4 is 21.7 Å². The Morgan fingerprint density at radius 1 is 0.919 bits per heavy atom. The first-order valence-electron chi connectivity index (χ1n) is 11.6. The number of imidazole rings is 1. The summed E-state index contributed by atoms with van der Waals surface area (Å²) in [5, 5.41) is 25.8. The minimum absolute atomic E-state index is 0.0281. The number of carboxylic acid groups (broad SMARTS) is 2. The van der Waals surface area contributed by atoms with Crippen molar-refractivity contribution < 1.29 is 34.2 Å². The van der Waals surface area contributed by atoms with E-state index in [0.717, 1.165) is 0 Å². The maximum absolute atomic E-state index is 13.2. The molecule has 1 heterocycles. The Kier molecular flexibility index (Phi) is 10.8. The third-order valence-electron chi connectivity index (χ3n) is 5.49. The number of hydrogen-bond acceptors (Lipinski definition) is 7. The van der Waals surface area contributed by atoms with Crippen LogP contribution in [0.4, 0.5) is 0 Å². The van der Waals surface area contributed by atoms with Gasteiger partial charge in [0.05, 0.1) is 18.8 Å². The summed E-state index contributed by atoms with van der Waals surface area (Å²) in [4.78, 5) is 68.3. The van der Waals surface area contributed by atoms with Crippen LogP contribution in [0.25, 0.3) is 0 Å². The predicted molar refractivity (Wildman–Crippen MR) is 131 cm³/mol. The van der Waals surface area contributed by atoms with Gasteiger partial charge in [-0.1, -0.05) is 44.2 Å². The molecule has 4 unspecified atom stereocenters. The molecule has 0 fully saturated rings. The summed E-state index contributed by atoms with van der Waals surface area (Å²) in [6.45, 7) is 3.14. The molecule has 0 spiro atoms. The summed E-state index contributed by atoms with van der Waals surface area (Å²) < 4.78 is 0. The SMILES string of the molecule is CC(C)C(NC(=O)C(CC(=O)O)NC(=O)C(Cc1ccccc1)NC(=O)C(N)Cc1cnc[nH]1)C(=O)O. The molecule has 3 amide bonds. The van der Waals surface area contributed by atoms with Crippen LogP contribution in [0.1, 0.15) is 31.5 Å². The molecule has 8 N–H and O–H groups in total. The predicted octanol–water partition coefficient (Wildman–Crippen LogP) is -0.808. The number of nitrogens with zero attached hydrogens (tertiary/aromatic N) is 1. The zero-order valence-electron chi connectivity index (χ0n) is 20.5. The van der Waals surface area contributed by atoms with Gasteiger partial charge in [0, 0.05) is 24.7 Å². The maximum Gasteiger partial charge on any atom is 0.326 e. The highest BCUT2D eigenvalue weighted by Crippen LogP contribution is 2.07. The van der Waals surface area contributed by atoms with E-state index in [-0.39, 0.29) is 12.8 Å². The highest BCUT2D eigenvalue weighted by Gasteiger charge is 2.32. The van der Waals surface area contributed by atoms with Gasteiger partial charge in [0.15, 0.2) is 0 Å². The van der Waals surface area contributed by atoms with Crippen LogP contribution in [-0.4, -0.2) is 74.0 Å². The second-order valence-corrected chi connectivity index (χ2v) is 8.87. The minimum atomic E-state index is -1.58. The number of amides is 3. The molecular formula is C24H32N6O7. The van der Waals surface area contributed by atoms with Crippen molar-refractivity contribution in [1.29, 1.82) is 0 Å². The van der Waals surface area contributed by atoms with Crippen LogP contribution in [-0.2, 0) is 36.8 Å². The summed E-state index contributed by atoms with van der Waals surface area (Å²) in [7, 11) is 0. The normalized spacial score (nSPS) is 14.2. The van der Waals surface area contributed by atoms with Crippen molar-refractivity contribution in [3.05, 3.63) is 54.1 Å². The first kappa shape index (κ1) is 29.0. The lowest BCUT2D eigenvalue weighted by atomic mass is 10.0. The molecule has 200 valence electrons. The zero-order chi connectivity index (χ0) is 27.5. The number of nitrogens with one attached hydrogen (secondary N) is 4. The van der Waals surface area contributed by atoms with E-state index in [1.54, 1.807) is 44.2 Å². The molecule has 2 aromatic rings. The van der Waals surface area contributed by atoms with Crippen molar-refractivity contribution in [1.82, 2.24) is 25.9 Å². The average Bonchev–Trinajstić information content (AvgIpc) is 3.34. The number of hydrogen-bond donors (Lipinski definition) is 7. The Balaban J connectivity index is 2.21. The lowest BCUT2D eigenvalue weighted by Crippen LogP contribution is -2.58. The van der Waals surface area contributed by atoms with Crippen molar-refractivity contribution in [2.75, 3.05) is 0 Å². The topological polar surface area (TPSA) is 217 Å². The van der Waals surface area contributed by atoms with Gasteiger partial charge in [-0.15, -0.1) is 0 Å². The average molecular weight is 517 g/mol. The number of H-pyrrole nitrogens is 1. The van der Waals surface area contributed by atoms with Gasteiger partial charge in [-0.3, -0.25) is 19.2 Å².